The van der Waals surface area contributed by atoms with Crippen molar-refractivity contribution in [1.29, 1.82) is 0 Å². The number of nitrogens with zero attached hydrogens (tertiary/aromatic N) is 1. The summed E-state index contributed by atoms with van der Waals surface area (Å²) in [7, 11) is -2.32. The molecule has 0 aliphatic heterocycles. The number of nitrogens with one attached hydrogen (secondary N) is 1. The van der Waals surface area contributed by atoms with Crippen LogP contribution in [-0.2, 0) is 57.2 Å². The van der Waals surface area contributed by atoms with E-state index >= 15 is 0 Å². The molecule has 0 saturated heterocycles. The first-order chi connectivity index (χ1) is 9.35. The second-order valence-electron chi connectivity index (χ2n) is 5.18. The van der Waals surface area contributed by atoms with Crippen LogP contribution in [0.25, 0.3) is 0 Å². The Bertz CT molecular complexity index is 435. The van der Waals surface area contributed by atoms with Crippen LogP contribution in [0.15, 0.2) is 0 Å². The molecular weight excluding hydrogens is 373 g/mol. The first-order valence-electron chi connectivity index (χ1n) is 6.58. The van der Waals surface area contributed by atoms with E-state index in [1.807, 2.05) is 0 Å². The van der Waals surface area contributed by atoms with Gasteiger partial charge < -0.3 is 14.3 Å². The summed E-state index contributed by atoms with van der Waals surface area (Å²) in [5, 5.41) is 0. The summed E-state index contributed by atoms with van der Waals surface area (Å²) < 4.78 is 30.9. The van der Waals surface area contributed by atoms with Gasteiger partial charge in [0.25, 0.3) is 10.2 Å². The molecule has 1 saturated carbocycles. The third-order valence-corrected chi connectivity index (χ3v) is 4.90. The van der Waals surface area contributed by atoms with Gasteiger partial charge in [-0.15, -0.1) is 0 Å². The molecule has 0 bridgehead atoms. The van der Waals surface area contributed by atoms with Gasteiger partial charge in [-0.2, -0.15) is 19.1 Å². The second kappa shape index (κ2) is 9.87. The molecule has 7 nitrogen and oxygen atoms in total. The van der Waals surface area contributed by atoms with Crippen LogP contribution in [0.5, 0.6) is 0 Å². The molecule has 0 spiro atoms. The quantitative estimate of drug-likeness (QED) is 0.378. The molecule has 1 amide bonds. The van der Waals surface area contributed by atoms with Gasteiger partial charge in [0.05, 0.1) is 6.61 Å². The summed E-state index contributed by atoms with van der Waals surface area (Å²) in [5.41, 5.74) is 0. The van der Waals surface area contributed by atoms with E-state index in [4.69, 9.17) is 4.74 Å². The number of rotatable bonds is 7. The summed E-state index contributed by atoms with van der Waals surface area (Å²) >= 11 is 0. The number of hydrogen-bond donors (Lipinski definition) is 1. The van der Waals surface area contributed by atoms with Crippen LogP contribution in [-0.4, -0.2) is 45.3 Å². The Hall–Kier alpha value is -0.0461. The zero-order valence-electron chi connectivity index (χ0n) is 12.4. The van der Waals surface area contributed by atoms with Crippen LogP contribution >= 0.6 is 0 Å². The van der Waals surface area contributed by atoms with Crippen molar-refractivity contribution >= 4 is 22.6 Å². The van der Waals surface area contributed by atoms with Gasteiger partial charge in [0.15, 0.2) is 0 Å². The van der Waals surface area contributed by atoms with E-state index in [1.54, 1.807) is 4.72 Å². The van der Waals surface area contributed by atoms with Gasteiger partial charge in [-0.3, -0.25) is 4.79 Å². The van der Waals surface area contributed by atoms with Gasteiger partial charge in [-0.25, -0.2) is 0 Å². The summed E-state index contributed by atoms with van der Waals surface area (Å²) in [6, 6.07) is 0. The number of carbonyl (C=O) groups excluding carboxylic acids is 2. The molecule has 0 atom stereocenters. The minimum atomic E-state index is -3.75. The number of carbonyl (C=O) groups is 1. The Labute approximate surface area is 151 Å². The Morgan fingerprint density at radius 2 is 1.81 bits per heavy atom. The predicted molar refractivity (Wildman–Crippen MR) is 72.5 cm³/mol. The van der Waals surface area contributed by atoms with E-state index in [1.165, 1.54) is 20.4 Å². The normalized spacial score (nSPS) is 22.2. The van der Waals surface area contributed by atoms with Crippen molar-refractivity contribution in [3.05, 3.63) is 0 Å². The third-order valence-electron chi connectivity index (χ3n) is 3.58. The van der Waals surface area contributed by atoms with Gasteiger partial charge in [0.1, 0.15) is 0 Å². The Morgan fingerprint density at radius 3 is 2.29 bits per heavy atom. The fraction of sp³-hybridized carbons (Fsp3) is 0.833. The monoisotopic (exact) mass is 394 g/mol. The first-order valence-corrected chi connectivity index (χ1v) is 8.02. The SMILES string of the molecule is CC(=O)OCC1CCC(CN(C)S(=O)(=O)N[C-]=O)CC1.[Y+3]. The van der Waals surface area contributed by atoms with Crippen molar-refractivity contribution in [2.24, 2.45) is 11.8 Å². The molecule has 0 aromatic rings. The van der Waals surface area contributed by atoms with E-state index < -0.39 is 10.2 Å². The third kappa shape index (κ3) is 7.67. The predicted octanol–water partition coefficient (Wildman–Crippen LogP) is 0.187. The van der Waals surface area contributed by atoms with Crippen molar-refractivity contribution in [2.45, 2.75) is 32.6 Å². The maximum atomic E-state index is 11.5. The molecule has 9 heteroatoms. The molecule has 1 N–H and O–H groups in total. The smallest absolute Gasteiger partial charge is 0.519 e. The zero-order valence-corrected chi connectivity index (χ0v) is 16.0. The fourth-order valence-corrected chi connectivity index (χ4v) is 3.08. The molecule has 0 radical (unpaired) electrons. The maximum absolute atomic E-state index is 11.5. The molecule has 116 valence electrons. The number of ether oxygens (including phenoxy) is 1. The number of hydrogen-bond acceptors (Lipinski definition) is 5. The average Bonchev–Trinajstić information content (AvgIpc) is 2.37. The second-order valence-corrected chi connectivity index (χ2v) is 6.96. The van der Waals surface area contributed by atoms with Crippen LogP contribution in [0, 0.1) is 11.8 Å². The molecule has 1 rings (SSSR count). The van der Waals surface area contributed by atoms with E-state index in [-0.39, 0.29) is 44.6 Å². The summed E-state index contributed by atoms with van der Waals surface area (Å²) in [5.74, 6) is 0.351. The van der Waals surface area contributed by atoms with Crippen LogP contribution in [0.1, 0.15) is 32.6 Å². The van der Waals surface area contributed by atoms with Crippen molar-refractivity contribution in [2.75, 3.05) is 20.2 Å². The molecule has 0 aromatic heterocycles. The minimum Gasteiger partial charge on any atom is -0.519 e. The molecule has 0 unspecified atom stereocenters. The number of amides is 1. The van der Waals surface area contributed by atoms with Gasteiger partial charge >= 0.3 is 38.7 Å². The standard InChI is InChI=1S/C12H21N2O5S.Y/c1-10(16)19-8-12-5-3-11(4-6-12)7-14(2)20(17,18)13-9-15;/h11-12H,3-8H2,1-2H3,(H,13,15);/q-1;+3. The molecule has 1 aliphatic rings. The van der Waals surface area contributed by atoms with E-state index in [9.17, 15) is 18.0 Å². The van der Waals surface area contributed by atoms with Crippen molar-refractivity contribution in [3.8, 4) is 0 Å². The zero-order chi connectivity index (χ0) is 15.2. The van der Waals surface area contributed by atoms with Crippen LogP contribution in [0.3, 0.4) is 0 Å². The largest absolute Gasteiger partial charge is 3.00 e. The Balaban J connectivity index is 0.00000400. The van der Waals surface area contributed by atoms with Gasteiger partial charge in [0, 0.05) is 20.5 Å². The fourth-order valence-electron chi connectivity index (χ4n) is 2.41. The van der Waals surface area contributed by atoms with Crippen LogP contribution in [0.4, 0.5) is 0 Å². The van der Waals surface area contributed by atoms with Crippen molar-refractivity contribution in [1.82, 2.24) is 9.03 Å². The van der Waals surface area contributed by atoms with Crippen LogP contribution < -0.4 is 4.72 Å². The van der Waals surface area contributed by atoms with Crippen molar-refractivity contribution in [3.63, 3.8) is 0 Å². The first kappa shape index (κ1) is 21.0. The average molecular weight is 394 g/mol. The molecule has 1 fully saturated rings. The Kier molecular flexibility index (Phi) is 9.85. The minimum absolute atomic E-state index is 0. The Morgan fingerprint density at radius 1 is 1.29 bits per heavy atom. The molecule has 21 heavy (non-hydrogen) atoms. The van der Waals surface area contributed by atoms with Crippen molar-refractivity contribution < 1.29 is 55.5 Å². The van der Waals surface area contributed by atoms with E-state index in [2.05, 4.69) is 0 Å². The summed E-state index contributed by atoms with van der Waals surface area (Å²) in [6.07, 6.45) is 4.78. The van der Waals surface area contributed by atoms with E-state index in [0.29, 0.717) is 19.1 Å². The summed E-state index contributed by atoms with van der Waals surface area (Å²) in [6.45, 7) is 2.21. The maximum Gasteiger partial charge on any atom is 3.00 e. The van der Waals surface area contributed by atoms with Gasteiger partial charge in [-0.1, -0.05) is 0 Å². The van der Waals surface area contributed by atoms with Gasteiger partial charge in [-0.05, 0) is 37.5 Å². The van der Waals surface area contributed by atoms with E-state index in [0.717, 1.165) is 30.0 Å². The molecular formula is C12H21N2O5SY+2. The molecule has 0 heterocycles. The molecule has 0 aromatic carbocycles. The summed E-state index contributed by atoms with van der Waals surface area (Å²) in [4.78, 5) is 20.8. The molecule has 1 aliphatic carbocycles. The number of esters is 1. The van der Waals surface area contributed by atoms with Gasteiger partial charge in [0.2, 0.25) is 0 Å². The topological polar surface area (TPSA) is 92.8 Å². The van der Waals surface area contributed by atoms with Crippen LogP contribution in [0.2, 0.25) is 0 Å².